The third-order valence-electron chi connectivity index (χ3n) is 6.95. The zero-order chi connectivity index (χ0) is 26.9. The average Bonchev–Trinajstić information content (AvgIpc) is 3.78. The Balaban J connectivity index is 1.03. The highest BCUT2D eigenvalue weighted by molar-refractivity contribution is 7.17. The number of carbonyl (C=O) groups excluding carboxylic acids is 1. The number of hydrogen-bond acceptors (Lipinski definition) is 9. The maximum Gasteiger partial charge on any atom is 0.365 e. The van der Waals surface area contributed by atoms with Gasteiger partial charge in [0.2, 0.25) is 0 Å². The molecule has 1 aliphatic rings. The van der Waals surface area contributed by atoms with E-state index in [1.165, 1.54) is 36.3 Å². The molecule has 40 heavy (non-hydrogen) atoms. The molecule has 1 fully saturated rings. The molecular weight excluding hydrogens is 524 g/mol. The molecular formula is C29H24N8O2S. The molecule has 7 rings (SSSR count). The van der Waals surface area contributed by atoms with Crippen molar-refractivity contribution < 1.29 is 9.63 Å². The van der Waals surface area contributed by atoms with E-state index in [1.54, 1.807) is 30.5 Å². The van der Waals surface area contributed by atoms with Crippen LogP contribution in [0.3, 0.4) is 0 Å². The van der Waals surface area contributed by atoms with E-state index in [0.29, 0.717) is 16.6 Å². The number of carbonyl (C=O) groups is 1. The van der Waals surface area contributed by atoms with Crippen molar-refractivity contribution in [3.05, 3.63) is 90.8 Å². The van der Waals surface area contributed by atoms with Crippen LogP contribution in [0, 0.1) is 0 Å². The fourth-order valence-corrected chi connectivity index (χ4v) is 5.62. The summed E-state index contributed by atoms with van der Waals surface area (Å²) < 4.78 is 1.86. The predicted octanol–water partition coefficient (Wildman–Crippen LogP) is 5.06. The first-order valence-corrected chi connectivity index (χ1v) is 13.9. The highest BCUT2D eigenvalue weighted by atomic mass is 32.1. The van der Waals surface area contributed by atoms with Gasteiger partial charge < -0.3 is 9.74 Å². The normalized spacial score (nSPS) is 13.6. The van der Waals surface area contributed by atoms with Gasteiger partial charge in [-0.15, -0.1) is 15.3 Å². The Morgan fingerprint density at radius 2 is 1.50 bits per heavy atom. The highest BCUT2D eigenvalue weighted by Gasteiger charge is 2.16. The molecule has 0 unspecified atom stereocenters. The van der Waals surface area contributed by atoms with Gasteiger partial charge in [0.1, 0.15) is 16.0 Å². The third kappa shape index (κ3) is 4.71. The van der Waals surface area contributed by atoms with Gasteiger partial charge in [-0.2, -0.15) is 5.10 Å². The Labute approximate surface area is 233 Å². The van der Waals surface area contributed by atoms with Gasteiger partial charge in [0.05, 0.1) is 23.0 Å². The predicted molar refractivity (Wildman–Crippen MR) is 152 cm³/mol. The molecule has 4 heterocycles. The second kappa shape index (κ2) is 10.3. The molecule has 0 radical (unpaired) electrons. The number of benzene rings is 3. The number of aromatic nitrogens is 7. The van der Waals surface area contributed by atoms with Crippen LogP contribution in [0.4, 0.5) is 5.69 Å². The lowest BCUT2D eigenvalue weighted by Crippen LogP contribution is -2.29. The summed E-state index contributed by atoms with van der Waals surface area (Å²) in [7, 11) is 0. The van der Waals surface area contributed by atoms with E-state index in [2.05, 4.69) is 54.8 Å². The minimum atomic E-state index is -0.531. The minimum Gasteiger partial charge on any atom is -0.372 e. The lowest BCUT2D eigenvalue weighted by molar-refractivity contribution is 0.0409. The van der Waals surface area contributed by atoms with E-state index < -0.39 is 5.97 Å². The SMILES string of the molecule is O=C(On1nnc2ccccc21)c1ccc(-c2nnc(-c3cnn(-c4ccc(N5CCCCC5)cc4)c3)s2)cc1. The Morgan fingerprint density at radius 1 is 0.775 bits per heavy atom. The van der Waals surface area contributed by atoms with Gasteiger partial charge in [-0.05, 0) is 73.0 Å². The van der Waals surface area contributed by atoms with Crippen LogP contribution in [0.15, 0.2) is 85.2 Å². The molecule has 0 N–H and O–H groups in total. The van der Waals surface area contributed by atoms with Crippen molar-refractivity contribution in [1.82, 2.24) is 35.1 Å². The fraction of sp³-hybridized carbons (Fsp3) is 0.172. The smallest absolute Gasteiger partial charge is 0.365 e. The monoisotopic (exact) mass is 548 g/mol. The van der Waals surface area contributed by atoms with Gasteiger partial charge in [-0.3, -0.25) is 0 Å². The second-order valence-corrected chi connectivity index (χ2v) is 10.5. The highest BCUT2D eigenvalue weighted by Crippen LogP contribution is 2.30. The van der Waals surface area contributed by atoms with Crippen molar-refractivity contribution in [3.63, 3.8) is 0 Å². The first-order valence-electron chi connectivity index (χ1n) is 13.1. The summed E-state index contributed by atoms with van der Waals surface area (Å²) in [6, 6.07) is 22.9. The van der Waals surface area contributed by atoms with Crippen LogP contribution in [0.1, 0.15) is 29.6 Å². The molecule has 0 aliphatic carbocycles. The van der Waals surface area contributed by atoms with E-state index in [0.717, 1.165) is 44.8 Å². The lowest BCUT2D eigenvalue weighted by atomic mass is 10.1. The van der Waals surface area contributed by atoms with Gasteiger partial charge in [0.15, 0.2) is 5.01 Å². The number of rotatable bonds is 6. The Hall–Kier alpha value is -4.90. The third-order valence-corrected chi connectivity index (χ3v) is 7.97. The molecule has 6 aromatic rings. The molecule has 0 amide bonds. The quantitative estimate of drug-likeness (QED) is 0.266. The summed E-state index contributed by atoms with van der Waals surface area (Å²) in [6.07, 6.45) is 7.60. The number of piperidine rings is 1. The van der Waals surface area contributed by atoms with Crippen LogP contribution in [0.2, 0.25) is 0 Å². The average molecular weight is 549 g/mol. The van der Waals surface area contributed by atoms with Gasteiger partial charge in [0.25, 0.3) is 0 Å². The molecule has 198 valence electrons. The summed E-state index contributed by atoms with van der Waals surface area (Å²) in [5.41, 5.74) is 5.66. The molecule has 3 aromatic carbocycles. The van der Waals surface area contributed by atoms with Crippen molar-refractivity contribution in [2.75, 3.05) is 18.0 Å². The maximum absolute atomic E-state index is 12.7. The standard InChI is InChI=1S/C29H24N8O2S/c38-29(39-37-26-7-3-2-6-25(26)31-34-37)21-10-8-20(9-11-21)27-32-33-28(40-27)22-18-30-36(19-22)24-14-12-23(13-15-24)35-16-4-1-5-17-35/h2-3,6-15,18-19H,1,4-5,16-17H2. The topological polar surface area (TPSA) is 104 Å². The Morgan fingerprint density at radius 3 is 2.30 bits per heavy atom. The fourth-order valence-electron chi connectivity index (χ4n) is 4.79. The number of anilines is 1. The summed E-state index contributed by atoms with van der Waals surface area (Å²) in [6.45, 7) is 2.25. The van der Waals surface area contributed by atoms with E-state index in [-0.39, 0.29) is 0 Å². The van der Waals surface area contributed by atoms with Crippen molar-refractivity contribution in [3.8, 4) is 26.8 Å². The second-order valence-electron chi connectivity index (χ2n) is 9.56. The summed E-state index contributed by atoms with van der Waals surface area (Å²) in [5.74, 6) is -0.531. The maximum atomic E-state index is 12.7. The van der Waals surface area contributed by atoms with E-state index in [9.17, 15) is 4.79 Å². The van der Waals surface area contributed by atoms with Crippen LogP contribution in [0.25, 0.3) is 37.9 Å². The molecule has 1 aliphatic heterocycles. The molecule has 1 saturated heterocycles. The van der Waals surface area contributed by atoms with E-state index in [4.69, 9.17) is 4.84 Å². The Bertz CT molecular complexity index is 1780. The van der Waals surface area contributed by atoms with Crippen LogP contribution >= 0.6 is 11.3 Å². The Kier molecular flexibility index (Phi) is 6.25. The first kappa shape index (κ1) is 24.2. The largest absolute Gasteiger partial charge is 0.372 e. The molecule has 0 atom stereocenters. The minimum absolute atomic E-state index is 0.389. The first-order chi connectivity index (χ1) is 19.7. The van der Waals surface area contributed by atoms with E-state index in [1.807, 2.05) is 35.1 Å². The molecule has 0 bridgehead atoms. The zero-order valence-corrected chi connectivity index (χ0v) is 22.2. The van der Waals surface area contributed by atoms with E-state index >= 15 is 0 Å². The molecule has 10 nitrogen and oxygen atoms in total. The van der Waals surface area contributed by atoms with Crippen LogP contribution < -0.4 is 9.74 Å². The number of nitrogens with zero attached hydrogens (tertiary/aromatic N) is 8. The van der Waals surface area contributed by atoms with Gasteiger partial charge in [0, 0.05) is 30.5 Å². The van der Waals surface area contributed by atoms with Crippen molar-refractivity contribution >= 4 is 34.0 Å². The van der Waals surface area contributed by atoms with Crippen molar-refractivity contribution in [2.24, 2.45) is 0 Å². The molecule has 11 heteroatoms. The molecule has 0 saturated carbocycles. The van der Waals surface area contributed by atoms with Gasteiger partial charge in [-0.1, -0.05) is 40.4 Å². The molecule has 3 aromatic heterocycles. The lowest BCUT2D eigenvalue weighted by Gasteiger charge is -2.28. The van der Waals surface area contributed by atoms with Crippen LogP contribution in [0.5, 0.6) is 0 Å². The van der Waals surface area contributed by atoms with Crippen molar-refractivity contribution in [1.29, 1.82) is 0 Å². The van der Waals surface area contributed by atoms with Crippen LogP contribution in [-0.2, 0) is 0 Å². The summed E-state index contributed by atoms with van der Waals surface area (Å²) in [4.78, 5) is 21.6. The number of hydrogen-bond donors (Lipinski definition) is 0. The summed E-state index contributed by atoms with van der Waals surface area (Å²) >= 11 is 1.47. The van der Waals surface area contributed by atoms with Gasteiger partial charge >= 0.3 is 5.97 Å². The summed E-state index contributed by atoms with van der Waals surface area (Å²) in [5, 5.41) is 22.7. The zero-order valence-electron chi connectivity index (χ0n) is 21.4. The van der Waals surface area contributed by atoms with Gasteiger partial charge in [-0.25, -0.2) is 9.48 Å². The molecule has 0 spiro atoms. The van der Waals surface area contributed by atoms with Crippen molar-refractivity contribution in [2.45, 2.75) is 19.3 Å². The number of para-hydroxylation sites is 1. The number of fused-ring (bicyclic) bond motifs is 1. The van der Waals surface area contributed by atoms with Crippen LogP contribution in [-0.4, -0.2) is 54.2 Å².